The molecular formula is C19H15NO7. The van der Waals surface area contributed by atoms with Crippen LogP contribution in [0.15, 0.2) is 35.6 Å². The Hall–Kier alpha value is -3.29. The third kappa shape index (κ3) is 2.26. The normalized spacial score (nSPS) is 25.5. The van der Waals surface area contributed by atoms with Crippen LogP contribution >= 0.6 is 0 Å². The molecule has 8 heteroatoms. The summed E-state index contributed by atoms with van der Waals surface area (Å²) in [5.41, 5.74) is 2.30. The first kappa shape index (κ1) is 15.9. The third-order valence-corrected chi connectivity index (χ3v) is 5.24. The number of hydrogen-bond acceptors (Lipinski definition) is 7. The first-order valence-corrected chi connectivity index (χ1v) is 8.50. The molecule has 138 valence electrons. The molecule has 1 amide bonds. The minimum atomic E-state index is -0.705. The molecule has 0 radical (unpaired) electrons. The fraction of sp³-hybridized carbons (Fsp3) is 0.316. The Kier molecular flexibility index (Phi) is 3.30. The van der Waals surface area contributed by atoms with Crippen molar-refractivity contribution in [2.45, 2.75) is 18.5 Å². The summed E-state index contributed by atoms with van der Waals surface area (Å²) >= 11 is 0. The summed E-state index contributed by atoms with van der Waals surface area (Å²) < 4.78 is 21.3. The number of ketones is 2. The van der Waals surface area contributed by atoms with Crippen LogP contribution in [0.3, 0.4) is 0 Å². The summed E-state index contributed by atoms with van der Waals surface area (Å²) in [5, 5.41) is 0. The van der Waals surface area contributed by atoms with Crippen molar-refractivity contribution in [3.63, 3.8) is 0 Å². The maximum absolute atomic E-state index is 12.4. The molecule has 0 N–H and O–H groups in total. The first-order chi connectivity index (χ1) is 13.1. The molecule has 0 unspecified atom stereocenters. The highest BCUT2D eigenvalue weighted by atomic mass is 16.7. The molecule has 3 aliphatic heterocycles. The number of methoxy groups -OCH3 is 1. The molecule has 1 aliphatic carbocycles. The smallest absolute Gasteiger partial charge is 0.411 e. The van der Waals surface area contributed by atoms with E-state index < -0.39 is 23.7 Å². The minimum absolute atomic E-state index is 0.0468. The van der Waals surface area contributed by atoms with E-state index in [0.717, 1.165) is 11.1 Å². The summed E-state index contributed by atoms with van der Waals surface area (Å²) in [6.45, 7) is 0.408. The Morgan fingerprint density at radius 3 is 2.63 bits per heavy atom. The van der Waals surface area contributed by atoms with Crippen LogP contribution in [0.1, 0.15) is 17.2 Å². The number of carbonyl (C=O) groups is 3. The third-order valence-electron chi connectivity index (χ3n) is 5.24. The van der Waals surface area contributed by atoms with Crippen LogP contribution in [0.25, 0.3) is 0 Å². The molecule has 0 saturated carbocycles. The highest BCUT2D eigenvalue weighted by Gasteiger charge is 2.46. The van der Waals surface area contributed by atoms with Crippen molar-refractivity contribution in [3.8, 4) is 11.5 Å². The van der Waals surface area contributed by atoms with E-state index in [1.54, 1.807) is 4.90 Å². The van der Waals surface area contributed by atoms with Crippen LogP contribution in [0, 0.1) is 0 Å². The van der Waals surface area contributed by atoms with Gasteiger partial charge in [-0.2, -0.15) is 0 Å². The van der Waals surface area contributed by atoms with E-state index in [2.05, 4.69) is 0 Å². The topological polar surface area (TPSA) is 91.4 Å². The molecule has 1 fully saturated rings. The largest absolute Gasteiger partial charge is 0.492 e. The maximum atomic E-state index is 12.4. The predicted molar refractivity (Wildman–Crippen MR) is 89.2 cm³/mol. The number of benzene rings is 1. The van der Waals surface area contributed by atoms with E-state index in [4.69, 9.17) is 18.9 Å². The van der Waals surface area contributed by atoms with E-state index in [1.807, 2.05) is 12.1 Å². The van der Waals surface area contributed by atoms with Crippen molar-refractivity contribution in [2.75, 3.05) is 20.5 Å². The molecule has 5 rings (SSSR count). The molecule has 27 heavy (non-hydrogen) atoms. The Labute approximate surface area is 153 Å². The molecule has 1 saturated heterocycles. The van der Waals surface area contributed by atoms with Gasteiger partial charge in [0.15, 0.2) is 17.3 Å². The molecule has 0 bridgehead atoms. The molecule has 0 spiro atoms. The van der Waals surface area contributed by atoms with E-state index >= 15 is 0 Å². The van der Waals surface area contributed by atoms with E-state index in [0.29, 0.717) is 23.5 Å². The number of rotatable bonds is 2. The number of ether oxygens (including phenoxy) is 4. The zero-order valence-corrected chi connectivity index (χ0v) is 14.4. The summed E-state index contributed by atoms with van der Waals surface area (Å²) in [4.78, 5) is 38.1. The molecule has 3 heterocycles. The van der Waals surface area contributed by atoms with Gasteiger partial charge in [0.25, 0.3) is 5.78 Å². The SMILES string of the molecule is COC1=CC([C@@H]2c3cc4c(cc3C[C@H]3COC(=O)N32)OCO4)=CC(=O)C1=O. The number of nitrogens with zero attached hydrogens (tertiary/aromatic N) is 1. The lowest BCUT2D eigenvalue weighted by atomic mass is 9.83. The van der Waals surface area contributed by atoms with Gasteiger partial charge in [-0.15, -0.1) is 0 Å². The average Bonchev–Trinajstić information content (AvgIpc) is 3.26. The Balaban J connectivity index is 1.69. The fourth-order valence-corrected chi connectivity index (χ4v) is 4.03. The second-order valence-corrected chi connectivity index (χ2v) is 6.70. The van der Waals surface area contributed by atoms with E-state index in [-0.39, 0.29) is 25.2 Å². The standard InChI is InChI=1S/C19H15NO7/c1-24-16-5-10(3-13(21)18(16)22)17-12-6-15-14(26-8-27-15)4-9(12)2-11-7-25-19(23)20(11)17/h3-6,11,17H,2,7-8H2,1H3/t11-,17+/m0/s1. The van der Waals surface area contributed by atoms with E-state index in [1.165, 1.54) is 19.3 Å². The lowest BCUT2D eigenvalue weighted by Crippen LogP contribution is -2.43. The zero-order chi connectivity index (χ0) is 18.7. The summed E-state index contributed by atoms with van der Waals surface area (Å²) in [7, 11) is 1.33. The zero-order valence-electron chi connectivity index (χ0n) is 14.4. The van der Waals surface area contributed by atoms with Crippen molar-refractivity contribution in [1.82, 2.24) is 4.90 Å². The number of cyclic esters (lactones) is 1. The van der Waals surface area contributed by atoms with Gasteiger partial charge >= 0.3 is 6.09 Å². The molecule has 4 aliphatic rings. The van der Waals surface area contributed by atoms with Crippen LogP contribution in [0.2, 0.25) is 0 Å². The molecular weight excluding hydrogens is 354 g/mol. The summed E-state index contributed by atoms with van der Waals surface area (Å²) in [6, 6.07) is 2.99. The van der Waals surface area contributed by atoms with Crippen molar-refractivity contribution >= 4 is 17.7 Å². The number of amides is 1. The quantitative estimate of drug-likeness (QED) is 0.575. The first-order valence-electron chi connectivity index (χ1n) is 8.50. The molecule has 1 aromatic rings. The second-order valence-electron chi connectivity index (χ2n) is 6.70. The van der Waals surface area contributed by atoms with Gasteiger partial charge in [-0.3, -0.25) is 14.5 Å². The van der Waals surface area contributed by atoms with Gasteiger partial charge in [0, 0.05) is 0 Å². The van der Waals surface area contributed by atoms with Gasteiger partial charge < -0.3 is 18.9 Å². The lowest BCUT2D eigenvalue weighted by Gasteiger charge is -2.38. The van der Waals surface area contributed by atoms with Crippen LogP contribution in [0.5, 0.6) is 11.5 Å². The molecule has 2 atom stereocenters. The van der Waals surface area contributed by atoms with Gasteiger partial charge in [-0.1, -0.05) is 0 Å². The van der Waals surface area contributed by atoms with Crippen LogP contribution < -0.4 is 9.47 Å². The Bertz CT molecular complexity index is 961. The number of Topliss-reactive ketones (excluding diaryl/α,β-unsaturated/α-hetero) is 1. The Morgan fingerprint density at radius 2 is 1.85 bits per heavy atom. The van der Waals surface area contributed by atoms with Crippen LogP contribution in [0.4, 0.5) is 4.79 Å². The minimum Gasteiger partial charge on any atom is -0.492 e. The van der Waals surface area contributed by atoms with Crippen molar-refractivity contribution in [3.05, 3.63) is 46.7 Å². The number of allylic oxidation sites excluding steroid dienone is 2. The van der Waals surface area contributed by atoms with Gasteiger partial charge in [-0.25, -0.2) is 4.79 Å². The second kappa shape index (κ2) is 5.60. The molecule has 8 nitrogen and oxygen atoms in total. The maximum Gasteiger partial charge on any atom is 0.411 e. The number of carbonyl (C=O) groups excluding carboxylic acids is 3. The van der Waals surface area contributed by atoms with Crippen LogP contribution in [-0.2, 0) is 25.5 Å². The van der Waals surface area contributed by atoms with Crippen molar-refractivity contribution in [2.24, 2.45) is 0 Å². The van der Waals surface area contributed by atoms with Gasteiger partial charge in [0.1, 0.15) is 6.61 Å². The summed E-state index contributed by atoms with van der Waals surface area (Å²) in [5.74, 6) is -0.193. The summed E-state index contributed by atoms with van der Waals surface area (Å²) in [6.07, 6.45) is 2.93. The highest BCUT2D eigenvalue weighted by Crippen LogP contribution is 2.46. The fourth-order valence-electron chi connectivity index (χ4n) is 4.03. The number of hydrogen-bond donors (Lipinski definition) is 0. The van der Waals surface area contributed by atoms with Crippen molar-refractivity contribution < 1.29 is 33.3 Å². The highest BCUT2D eigenvalue weighted by molar-refractivity contribution is 6.47. The van der Waals surface area contributed by atoms with Gasteiger partial charge in [0.2, 0.25) is 12.6 Å². The Morgan fingerprint density at radius 1 is 1.07 bits per heavy atom. The van der Waals surface area contributed by atoms with Gasteiger partial charge in [-0.05, 0) is 47.4 Å². The number of fused-ring (bicyclic) bond motifs is 3. The van der Waals surface area contributed by atoms with Crippen molar-refractivity contribution in [1.29, 1.82) is 0 Å². The average molecular weight is 369 g/mol. The monoisotopic (exact) mass is 369 g/mol. The predicted octanol–water partition coefficient (Wildman–Crippen LogP) is 1.44. The lowest BCUT2D eigenvalue weighted by molar-refractivity contribution is -0.133. The van der Waals surface area contributed by atoms with Gasteiger partial charge in [0.05, 0.1) is 19.2 Å². The molecule has 0 aromatic heterocycles. The van der Waals surface area contributed by atoms with E-state index in [9.17, 15) is 14.4 Å². The molecule has 1 aromatic carbocycles. The van der Waals surface area contributed by atoms with Crippen LogP contribution in [-0.4, -0.2) is 49.1 Å².